The molecule has 0 aromatic heterocycles. The van der Waals surface area contributed by atoms with Crippen LogP contribution in [0.5, 0.6) is 0 Å². The van der Waals surface area contributed by atoms with Gasteiger partial charge in [-0.2, -0.15) is 0 Å². The number of nitrogens with zero attached hydrogens (tertiary/aromatic N) is 1. The van der Waals surface area contributed by atoms with Gasteiger partial charge >= 0.3 is 0 Å². The molecule has 1 heterocycles. The zero-order valence-electron chi connectivity index (χ0n) is 11.9. The molecule has 0 saturated carbocycles. The van der Waals surface area contributed by atoms with Crippen molar-refractivity contribution in [2.24, 2.45) is 0 Å². The van der Waals surface area contributed by atoms with Crippen LogP contribution in [0.4, 0.5) is 0 Å². The first-order valence-electron chi connectivity index (χ1n) is 6.60. The Morgan fingerprint density at radius 1 is 1.22 bits per heavy atom. The van der Waals surface area contributed by atoms with E-state index in [1.54, 1.807) is 0 Å². The minimum atomic E-state index is -0.229. The van der Waals surface area contributed by atoms with Gasteiger partial charge in [-0.3, -0.25) is 10.1 Å². The Morgan fingerprint density at radius 2 is 1.78 bits per heavy atom. The van der Waals surface area contributed by atoms with Gasteiger partial charge in [0, 0.05) is 6.54 Å². The molecule has 1 aliphatic rings. The third kappa shape index (κ3) is 3.84. The van der Waals surface area contributed by atoms with Crippen LogP contribution in [-0.2, 0) is 11.3 Å². The van der Waals surface area contributed by atoms with Gasteiger partial charge in [-0.1, -0.05) is 50.6 Å². The highest BCUT2D eigenvalue weighted by molar-refractivity contribution is 5.81. The van der Waals surface area contributed by atoms with Crippen LogP contribution in [-0.4, -0.2) is 23.0 Å². The lowest BCUT2D eigenvalue weighted by atomic mass is 10.1. The number of hydrogen-bond donors (Lipinski definition) is 1. The van der Waals surface area contributed by atoms with E-state index in [1.807, 2.05) is 49.1 Å². The summed E-state index contributed by atoms with van der Waals surface area (Å²) >= 11 is 0. The van der Waals surface area contributed by atoms with Gasteiger partial charge in [-0.05, 0) is 19.4 Å². The summed E-state index contributed by atoms with van der Waals surface area (Å²) in [5.41, 5.74) is 0.940. The number of nitrogens with one attached hydrogen (secondary N) is 1. The predicted octanol–water partition coefficient (Wildman–Crippen LogP) is 2.77. The molecule has 0 spiro atoms. The third-order valence-corrected chi connectivity index (χ3v) is 2.83. The van der Waals surface area contributed by atoms with Crippen LogP contribution >= 0.6 is 0 Å². The van der Waals surface area contributed by atoms with Crippen LogP contribution in [0.1, 0.15) is 39.7 Å². The first kappa shape index (κ1) is 14.7. The zero-order valence-corrected chi connectivity index (χ0v) is 11.9. The fourth-order valence-corrected chi connectivity index (χ4v) is 1.85. The fourth-order valence-electron chi connectivity index (χ4n) is 1.85. The lowest BCUT2D eigenvalue weighted by Crippen LogP contribution is -2.46. The second-order valence-electron chi connectivity index (χ2n) is 5.09. The van der Waals surface area contributed by atoms with Gasteiger partial charge in [0.2, 0.25) is 5.91 Å². The Balaban J connectivity index is 0.000000492. The van der Waals surface area contributed by atoms with Crippen LogP contribution in [0.25, 0.3) is 0 Å². The maximum Gasteiger partial charge on any atom is 0.238 e. The molecular weight excluding hydrogens is 224 g/mol. The van der Waals surface area contributed by atoms with Crippen molar-refractivity contribution in [2.75, 3.05) is 6.54 Å². The van der Waals surface area contributed by atoms with Gasteiger partial charge in [-0.25, -0.2) is 0 Å². The van der Waals surface area contributed by atoms with Crippen molar-refractivity contribution in [1.29, 1.82) is 0 Å². The van der Waals surface area contributed by atoms with Crippen molar-refractivity contribution in [2.45, 2.75) is 46.3 Å². The molecule has 1 fully saturated rings. The maximum absolute atomic E-state index is 11.7. The van der Waals surface area contributed by atoms with Gasteiger partial charge in [0.05, 0.1) is 12.2 Å². The van der Waals surface area contributed by atoms with Crippen LogP contribution in [0.2, 0.25) is 0 Å². The summed E-state index contributed by atoms with van der Waals surface area (Å²) in [4.78, 5) is 13.5. The first-order chi connectivity index (χ1) is 8.51. The summed E-state index contributed by atoms with van der Waals surface area (Å²) < 4.78 is 0. The average Bonchev–Trinajstić information content (AvgIpc) is 2.59. The summed E-state index contributed by atoms with van der Waals surface area (Å²) in [5, 5.41) is 3.19. The van der Waals surface area contributed by atoms with E-state index >= 15 is 0 Å². The van der Waals surface area contributed by atoms with Crippen molar-refractivity contribution < 1.29 is 4.79 Å². The highest BCUT2D eigenvalue weighted by atomic mass is 16.2. The monoisotopic (exact) mass is 248 g/mol. The molecule has 0 atom stereocenters. The molecule has 2 rings (SSSR count). The smallest absolute Gasteiger partial charge is 0.238 e. The quantitative estimate of drug-likeness (QED) is 0.873. The van der Waals surface area contributed by atoms with E-state index in [2.05, 4.69) is 19.2 Å². The Bertz CT molecular complexity index is 373. The van der Waals surface area contributed by atoms with Crippen molar-refractivity contribution in [1.82, 2.24) is 10.2 Å². The van der Waals surface area contributed by atoms with Gasteiger partial charge < -0.3 is 4.90 Å². The van der Waals surface area contributed by atoms with E-state index in [9.17, 15) is 4.79 Å². The van der Waals surface area contributed by atoms with Gasteiger partial charge in [-0.15, -0.1) is 0 Å². The van der Waals surface area contributed by atoms with Crippen LogP contribution in [0.3, 0.4) is 0 Å². The van der Waals surface area contributed by atoms with Crippen LogP contribution < -0.4 is 5.32 Å². The SMILES string of the molecule is CC1(C)NCC(=O)N1Cc1ccccc1.CCC. The number of amides is 1. The highest BCUT2D eigenvalue weighted by Crippen LogP contribution is 2.19. The summed E-state index contributed by atoms with van der Waals surface area (Å²) in [5.74, 6) is 0.170. The van der Waals surface area contributed by atoms with E-state index in [-0.39, 0.29) is 11.6 Å². The summed E-state index contributed by atoms with van der Waals surface area (Å²) in [7, 11) is 0. The van der Waals surface area contributed by atoms with E-state index in [0.29, 0.717) is 13.1 Å². The Kier molecular flexibility index (Phi) is 5.35. The number of hydrogen-bond acceptors (Lipinski definition) is 2. The second-order valence-corrected chi connectivity index (χ2v) is 5.09. The number of carbonyl (C=O) groups is 1. The molecule has 1 amide bonds. The Labute approximate surface area is 110 Å². The van der Waals surface area contributed by atoms with Crippen LogP contribution in [0, 0.1) is 0 Å². The summed E-state index contributed by atoms with van der Waals surface area (Å²) in [6.45, 7) is 9.43. The normalized spacial score (nSPS) is 17.3. The van der Waals surface area contributed by atoms with Gasteiger partial charge in [0.1, 0.15) is 0 Å². The fraction of sp³-hybridized carbons (Fsp3) is 0.533. The molecule has 3 nitrogen and oxygen atoms in total. The molecule has 3 heteroatoms. The molecule has 0 radical (unpaired) electrons. The minimum absolute atomic E-state index is 0.170. The van der Waals surface area contributed by atoms with Gasteiger partial charge in [0.15, 0.2) is 0 Å². The van der Waals surface area contributed by atoms with E-state index in [0.717, 1.165) is 0 Å². The summed E-state index contributed by atoms with van der Waals surface area (Å²) in [6, 6.07) is 10.1. The molecule has 100 valence electrons. The topological polar surface area (TPSA) is 32.3 Å². The largest absolute Gasteiger partial charge is 0.320 e. The van der Waals surface area contributed by atoms with E-state index in [4.69, 9.17) is 0 Å². The second kappa shape index (κ2) is 6.55. The molecule has 0 bridgehead atoms. The molecule has 0 aliphatic carbocycles. The maximum atomic E-state index is 11.7. The molecular formula is C15H24N2O. The highest BCUT2D eigenvalue weighted by Gasteiger charge is 2.36. The number of benzene rings is 1. The molecule has 1 N–H and O–H groups in total. The van der Waals surface area contributed by atoms with E-state index < -0.39 is 0 Å². The van der Waals surface area contributed by atoms with Crippen molar-refractivity contribution >= 4 is 5.91 Å². The third-order valence-electron chi connectivity index (χ3n) is 2.83. The lowest BCUT2D eigenvalue weighted by molar-refractivity contribution is -0.130. The molecule has 18 heavy (non-hydrogen) atoms. The van der Waals surface area contributed by atoms with Crippen LogP contribution in [0.15, 0.2) is 30.3 Å². The predicted molar refractivity (Wildman–Crippen MR) is 75.0 cm³/mol. The average molecular weight is 248 g/mol. The Morgan fingerprint density at radius 3 is 2.22 bits per heavy atom. The molecule has 1 saturated heterocycles. The molecule has 0 unspecified atom stereocenters. The zero-order chi connectivity index (χ0) is 13.6. The van der Waals surface area contributed by atoms with Crippen molar-refractivity contribution in [3.63, 3.8) is 0 Å². The number of rotatable bonds is 2. The molecule has 1 aromatic rings. The first-order valence-corrected chi connectivity index (χ1v) is 6.60. The van der Waals surface area contributed by atoms with Crippen molar-refractivity contribution in [3.8, 4) is 0 Å². The van der Waals surface area contributed by atoms with Crippen molar-refractivity contribution in [3.05, 3.63) is 35.9 Å². The summed E-state index contributed by atoms with van der Waals surface area (Å²) in [6.07, 6.45) is 1.25. The number of carbonyl (C=O) groups excluding carboxylic acids is 1. The van der Waals surface area contributed by atoms with E-state index in [1.165, 1.54) is 12.0 Å². The molecule has 1 aliphatic heterocycles. The Hall–Kier alpha value is -1.35. The van der Waals surface area contributed by atoms with Gasteiger partial charge in [0.25, 0.3) is 0 Å². The lowest BCUT2D eigenvalue weighted by Gasteiger charge is -2.31. The molecule has 1 aromatic carbocycles. The standard InChI is InChI=1S/C12H16N2O.C3H8/c1-12(2)13-8-11(15)14(12)9-10-6-4-3-5-7-10;1-3-2/h3-7,13H,8-9H2,1-2H3;3H2,1-2H3. The minimum Gasteiger partial charge on any atom is -0.320 e.